The number of rotatable bonds is 14. The Morgan fingerprint density at radius 2 is 1.71 bits per heavy atom. The van der Waals surface area contributed by atoms with Gasteiger partial charge in [0, 0.05) is 10.7 Å². The summed E-state index contributed by atoms with van der Waals surface area (Å²) < 4.78 is 113. The van der Waals surface area contributed by atoms with E-state index in [1.54, 1.807) is 21.0 Å². The highest BCUT2D eigenvalue weighted by Crippen LogP contribution is 2.45. The van der Waals surface area contributed by atoms with Gasteiger partial charge in [0.2, 0.25) is 5.75 Å². The maximum absolute atomic E-state index is 10.6. The van der Waals surface area contributed by atoms with E-state index in [0.29, 0.717) is 6.42 Å². The summed E-state index contributed by atoms with van der Waals surface area (Å²) in [6.45, 7) is 3.25. The van der Waals surface area contributed by atoms with E-state index in [2.05, 4.69) is 6.07 Å². The summed E-state index contributed by atoms with van der Waals surface area (Å²) in [5, 5.41) is 10.6. The van der Waals surface area contributed by atoms with Crippen molar-refractivity contribution in [1.29, 1.82) is 5.26 Å². The van der Waals surface area contributed by atoms with Gasteiger partial charge in [0.05, 0.1) is 52.0 Å². The Bertz CT molecular complexity index is 1340. The van der Waals surface area contributed by atoms with Crippen molar-refractivity contribution >= 4 is 0 Å². The normalized spacial score (nSPS) is 19.3. The van der Waals surface area contributed by atoms with Crippen LogP contribution in [-0.2, 0) is 18.3 Å². The molecule has 0 aliphatic heterocycles. The lowest BCUT2D eigenvalue weighted by Crippen LogP contribution is -2.32. The third-order valence-corrected chi connectivity index (χ3v) is 6.44. The van der Waals surface area contributed by atoms with Crippen molar-refractivity contribution in [2.45, 2.75) is 51.9 Å². The lowest BCUT2D eigenvalue weighted by atomic mass is 9.69. The van der Waals surface area contributed by atoms with Crippen LogP contribution in [0, 0.1) is 17.2 Å². The van der Waals surface area contributed by atoms with E-state index in [0.717, 1.165) is 35.4 Å². The van der Waals surface area contributed by atoms with Gasteiger partial charge in [-0.05, 0) is 80.0 Å². The van der Waals surface area contributed by atoms with Crippen molar-refractivity contribution < 1.29 is 35.4 Å². The predicted molar refractivity (Wildman–Crippen MR) is 141 cm³/mol. The molecule has 0 amide bonds. The lowest BCUT2D eigenvalue weighted by Gasteiger charge is -2.33. The Labute approximate surface area is 228 Å². The molecule has 2 aromatic rings. The largest absolute Gasteiger partial charge is 0.496 e. The molecule has 2 rings (SSSR count). The van der Waals surface area contributed by atoms with Crippen molar-refractivity contribution in [1.82, 2.24) is 4.90 Å². The van der Waals surface area contributed by atoms with Crippen LogP contribution in [0.15, 0.2) is 30.3 Å². The average Bonchev–Trinajstić information content (AvgIpc) is 2.91. The van der Waals surface area contributed by atoms with Crippen LogP contribution in [0.1, 0.15) is 66.8 Å². The molecule has 6 heteroatoms. The Kier molecular flexibility index (Phi) is 5.78. The fourth-order valence-electron chi connectivity index (χ4n) is 4.26. The molecule has 0 aliphatic rings. The molecule has 0 heterocycles. The maximum atomic E-state index is 10.6. The molecule has 2 aromatic carbocycles. The maximum Gasteiger partial charge on any atom is 0.203 e. The highest BCUT2D eigenvalue weighted by Gasteiger charge is 2.37. The van der Waals surface area contributed by atoms with Crippen molar-refractivity contribution in [3.63, 3.8) is 0 Å². The Hall–Kier alpha value is -2.91. The number of hydrogen-bond donors (Lipinski definition) is 0. The summed E-state index contributed by atoms with van der Waals surface area (Å²) in [4.78, 5) is 1.33. The molecule has 192 valence electrons. The second kappa shape index (κ2) is 13.3. The minimum Gasteiger partial charge on any atom is -0.496 e. The van der Waals surface area contributed by atoms with Crippen LogP contribution < -0.4 is 18.9 Å². The van der Waals surface area contributed by atoms with Crippen LogP contribution in [0.3, 0.4) is 0 Å². The SMILES string of the molecule is [2H]C([2H])([2H])Oc1cc(C(C#N)(CCCN(CCc2ccc(CC)c(OC)c2)C([2H])([2H])[2H])C(C)C)cc(OC([2H])([2H])[2H])c1OC([2H])([2H])[2H]. The van der Waals surface area contributed by atoms with Gasteiger partial charge in [-0.25, -0.2) is 0 Å². The van der Waals surface area contributed by atoms with Gasteiger partial charge in [-0.3, -0.25) is 0 Å². The first-order valence-corrected chi connectivity index (χ1v) is 11.5. The molecule has 0 bridgehead atoms. The summed E-state index contributed by atoms with van der Waals surface area (Å²) >= 11 is 0. The molecular weight excluding hydrogens is 440 g/mol. The van der Waals surface area contributed by atoms with Crippen molar-refractivity contribution in [2.75, 3.05) is 48.3 Å². The third-order valence-electron chi connectivity index (χ3n) is 6.44. The van der Waals surface area contributed by atoms with Gasteiger partial charge in [0.25, 0.3) is 0 Å². The van der Waals surface area contributed by atoms with Crippen molar-refractivity contribution in [3.8, 4) is 29.1 Å². The average molecular weight is 495 g/mol. The molecule has 0 spiro atoms. The summed E-state index contributed by atoms with van der Waals surface area (Å²) in [7, 11) is -7.80. The van der Waals surface area contributed by atoms with Gasteiger partial charge >= 0.3 is 0 Å². The molecule has 0 fully saturated rings. The number of likely N-dealkylation sites (N-methyl/N-ethyl adjacent to an activating group) is 1. The van der Waals surface area contributed by atoms with Crippen LogP contribution in [0.2, 0.25) is 0 Å². The number of aryl methyl sites for hydroxylation is 1. The van der Waals surface area contributed by atoms with E-state index < -0.39 is 56.7 Å². The Morgan fingerprint density at radius 3 is 2.26 bits per heavy atom. The zero-order valence-corrected chi connectivity index (χ0v) is 20.7. The fraction of sp³-hybridized carbons (Fsp3) is 0.552. The first-order chi connectivity index (χ1) is 21.4. The van der Waals surface area contributed by atoms with Crippen molar-refractivity contribution in [3.05, 3.63) is 47.0 Å². The first-order valence-electron chi connectivity index (χ1n) is 17.5. The standard InChI is InChI=1S/C29H42N2O4/c1-9-23-12-11-22(17-25(23)32-5)13-16-31(4)15-10-14-29(20-30,21(2)3)24-18-26(33-6)28(35-8)27(19-24)34-7/h11-12,17-19,21H,9-10,13-16H2,1-8H3/i4D3,6D3,7D3,8D3. The molecular formula is C29H42N2O4. The molecule has 0 radical (unpaired) electrons. The second-order valence-electron chi connectivity index (χ2n) is 8.69. The summed E-state index contributed by atoms with van der Waals surface area (Å²) in [5.74, 6) is -1.86. The van der Waals surface area contributed by atoms with Gasteiger partial charge in [0.1, 0.15) is 5.75 Å². The van der Waals surface area contributed by atoms with Crippen LogP contribution >= 0.6 is 0 Å². The third kappa shape index (κ3) is 6.61. The Balaban J connectivity index is 2.52. The fourth-order valence-corrected chi connectivity index (χ4v) is 4.26. The molecule has 0 saturated carbocycles. The predicted octanol–water partition coefficient (Wildman–Crippen LogP) is 5.66. The highest BCUT2D eigenvalue weighted by atomic mass is 16.5. The number of methoxy groups -OCH3 is 4. The molecule has 35 heavy (non-hydrogen) atoms. The van der Waals surface area contributed by atoms with Gasteiger partial charge < -0.3 is 23.8 Å². The van der Waals surface area contributed by atoms with E-state index in [4.69, 9.17) is 35.4 Å². The molecule has 6 nitrogen and oxygen atoms in total. The Morgan fingerprint density at radius 1 is 1.00 bits per heavy atom. The van der Waals surface area contributed by atoms with E-state index in [1.165, 1.54) is 4.90 Å². The topological polar surface area (TPSA) is 64.0 Å². The first kappa shape index (κ1) is 15.3. The van der Waals surface area contributed by atoms with Crippen LogP contribution in [0.5, 0.6) is 23.0 Å². The van der Waals surface area contributed by atoms with Crippen molar-refractivity contribution in [2.24, 2.45) is 5.92 Å². The number of benzene rings is 2. The van der Waals surface area contributed by atoms with Crippen LogP contribution in [0.25, 0.3) is 0 Å². The highest BCUT2D eigenvalue weighted by molar-refractivity contribution is 5.56. The molecule has 0 aromatic heterocycles. The number of ether oxygens (including phenoxy) is 4. The van der Waals surface area contributed by atoms with Crippen LogP contribution in [-0.4, -0.2) is 53.2 Å². The van der Waals surface area contributed by atoms with E-state index in [1.807, 2.05) is 25.1 Å². The van der Waals surface area contributed by atoms with Gasteiger partial charge in [0.15, 0.2) is 11.5 Å². The molecule has 0 aliphatic carbocycles. The van der Waals surface area contributed by atoms with E-state index in [9.17, 15) is 5.26 Å². The number of nitrogens with zero attached hydrogens (tertiary/aromatic N) is 2. The molecule has 1 unspecified atom stereocenters. The minimum atomic E-state index is -3.15. The van der Waals surface area contributed by atoms with E-state index in [-0.39, 0.29) is 31.5 Å². The summed E-state index contributed by atoms with van der Waals surface area (Å²) in [6.07, 6.45) is 1.46. The van der Waals surface area contributed by atoms with Gasteiger partial charge in [-0.15, -0.1) is 0 Å². The zero-order valence-electron chi connectivity index (χ0n) is 32.7. The monoisotopic (exact) mass is 494 g/mol. The number of hydrogen-bond acceptors (Lipinski definition) is 6. The summed E-state index contributed by atoms with van der Waals surface area (Å²) in [6, 6.07) is 10.3. The van der Waals surface area contributed by atoms with Crippen LogP contribution in [0.4, 0.5) is 0 Å². The number of nitriles is 1. The lowest BCUT2D eigenvalue weighted by molar-refractivity contribution is 0.290. The van der Waals surface area contributed by atoms with Gasteiger partial charge in [-0.2, -0.15) is 5.26 Å². The minimum absolute atomic E-state index is 0.0622. The zero-order chi connectivity index (χ0) is 36.0. The van der Waals surface area contributed by atoms with E-state index >= 15 is 0 Å². The molecule has 0 N–H and O–H groups in total. The smallest absolute Gasteiger partial charge is 0.203 e. The van der Waals surface area contributed by atoms with Gasteiger partial charge in [-0.1, -0.05) is 32.9 Å². The summed E-state index contributed by atoms with van der Waals surface area (Å²) in [5.41, 5.74) is 0.560. The molecule has 0 saturated heterocycles. The quantitative estimate of drug-likeness (QED) is 0.338. The molecule has 1 atom stereocenters. The second-order valence-corrected chi connectivity index (χ2v) is 8.69.